The highest BCUT2D eigenvalue weighted by atomic mass is 19.4. The lowest BCUT2D eigenvalue weighted by Crippen LogP contribution is -2.66. The maximum absolute atomic E-state index is 13.4. The predicted octanol–water partition coefficient (Wildman–Crippen LogP) is 3.40. The molecule has 1 atom stereocenters. The highest BCUT2D eigenvalue weighted by Crippen LogP contribution is 2.36. The van der Waals surface area contributed by atoms with Gasteiger partial charge in [0.1, 0.15) is 11.3 Å². The molecular weight excluding hydrogens is 477 g/mol. The Morgan fingerprint density at radius 1 is 1.19 bits per heavy atom. The number of nitrogens with zero attached hydrogens (tertiary/aromatic N) is 2. The van der Waals surface area contributed by atoms with Crippen LogP contribution in [0.25, 0.3) is 0 Å². The predicted molar refractivity (Wildman–Crippen MR) is 123 cm³/mol. The standard InChI is InChI=1S/C25H31F3N4O4/c1-23(2,3)21(34)31-24(9-5-10-24)22(35)32-11-4-6-18(15-32)20(33)30-14-17-8-7-16(13-29)12-19(17)36-25(26,27)28/h7-8,12,18H,4-6,9-11,14-15H2,1-3H3,(H,30,33)(H,31,34). The third-order valence-electron chi connectivity index (χ3n) is 6.60. The Labute approximate surface area is 208 Å². The molecule has 36 heavy (non-hydrogen) atoms. The summed E-state index contributed by atoms with van der Waals surface area (Å²) in [5, 5.41) is 14.5. The third kappa shape index (κ3) is 6.47. The van der Waals surface area contributed by atoms with Crippen LogP contribution < -0.4 is 15.4 Å². The minimum Gasteiger partial charge on any atom is -0.405 e. The van der Waals surface area contributed by atoms with E-state index >= 15 is 0 Å². The summed E-state index contributed by atoms with van der Waals surface area (Å²) in [6.45, 7) is 5.73. The second-order valence-corrected chi connectivity index (χ2v) is 10.4. The molecule has 0 radical (unpaired) electrons. The smallest absolute Gasteiger partial charge is 0.405 e. The van der Waals surface area contributed by atoms with Gasteiger partial charge in [0.2, 0.25) is 17.7 Å². The van der Waals surface area contributed by atoms with Crippen LogP contribution >= 0.6 is 0 Å². The quantitative estimate of drug-likeness (QED) is 0.612. The van der Waals surface area contributed by atoms with Crippen molar-refractivity contribution in [1.29, 1.82) is 5.26 Å². The molecule has 1 saturated carbocycles. The number of hydrogen-bond donors (Lipinski definition) is 2. The first-order valence-corrected chi connectivity index (χ1v) is 11.9. The summed E-state index contributed by atoms with van der Waals surface area (Å²) in [5.74, 6) is -1.89. The zero-order chi connectivity index (χ0) is 26.7. The van der Waals surface area contributed by atoms with Crippen LogP contribution in [0.3, 0.4) is 0 Å². The fourth-order valence-electron chi connectivity index (χ4n) is 4.32. The van der Waals surface area contributed by atoms with Gasteiger partial charge in [-0.25, -0.2) is 0 Å². The van der Waals surface area contributed by atoms with Crippen LogP contribution in [0.5, 0.6) is 5.75 Å². The van der Waals surface area contributed by atoms with Gasteiger partial charge in [-0.1, -0.05) is 26.8 Å². The van der Waals surface area contributed by atoms with Crippen molar-refractivity contribution in [3.8, 4) is 11.8 Å². The molecule has 1 aromatic rings. The number of benzene rings is 1. The Bertz CT molecular complexity index is 1050. The van der Waals surface area contributed by atoms with E-state index in [0.29, 0.717) is 32.2 Å². The molecule has 3 amide bonds. The average molecular weight is 509 g/mol. The molecule has 0 spiro atoms. The molecule has 1 aliphatic carbocycles. The number of likely N-dealkylation sites (tertiary alicyclic amines) is 1. The first kappa shape index (κ1) is 27.3. The van der Waals surface area contributed by atoms with Gasteiger partial charge in [-0.15, -0.1) is 13.2 Å². The summed E-state index contributed by atoms with van der Waals surface area (Å²) < 4.78 is 42.4. The van der Waals surface area contributed by atoms with Crippen LogP contribution in [0.2, 0.25) is 0 Å². The van der Waals surface area contributed by atoms with Gasteiger partial charge < -0.3 is 20.3 Å². The fraction of sp³-hybridized carbons (Fsp3) is 0.600. The summed E-state index contributed by atoms with van der Waals surface area (Å²) in [6, 6.07) is 5.37. The molecule has 1 saturated heterocycles. The molecule has 11 heteroatoms. The number of carbonyl (C=O) groups is 3. The van der Waals surface area contributed by atoms with Gasteiger partial charge in [0.15, 0.2) is 0 Å². The molecule has 1 aromatic carbocycles. The number of piperidine rings is 1. The minimum atomic E-state index is -4.95. The molecule has 0 bridgehead atoms. The fourth-order valence-corrected chi connectivity index (χ4v) is 4.32. The Balaban J connectivity index is 1.64. The number of carbonyl (C=O) groups excluding carboxylic acids is 3. The molecule has 3 rings (SSSR count). The van der Waals surface area contributed by atoms with Crippen molar-refractivity contribution in [3.05, 3.63) is 29.3 Å². The number of ether oxygens (including phenoxy) is 1. The molecule has 1 unspecified atom stereocenters. The van der Waals surface area contributed by atoms with Crippen LogP contribution in [0.1, 0.15) is 64.0 Å². The van der Waals surface area contributed by atoms with E-state index in [-0.39, 0.29) is 36.0 Å². The Hall–Kier alpha value is -3.29. The van der Waals surface area contributed by atoms with E-state index in [9.17, 15) is 27.6 Å². The van der Waals surface area contributed by atoms with Gasteiger partial charge in [0, 0.05) is 30.6 Å². The lowest BCUT2D eigenvalue weighted by molar-refractivity contribution is -0.274. The van der Waals surface area contributed by atoms with Crippen molar-refractivity contribution >= 4 is 17.7 Å². The van der Waals surface area contributed by atoms with Gasteiger partial charge in [-0.2, -0.15) is 5.26 Å². The molecule has 2 aliphatic rings. The average Bonchev–Trinajstić information content (AvgIpc) is 2.78. The molecule has 196 valence electrons. The summed E-state index contributed by atoms with van der Waals surface area (Å²) in [7, 11) is 0. The Kier molecular flexibility index (Phi) is 7.86. The van der Waals surface area contributed by atoms with Crippen molar-refractivity contribution < 1.29 is 32.3 Å². The summed E-state index contributed by atoms with van der Waals surface area (Å²) in [4.78, 5) is 40.4. The maximum Gasteiger partial charge on any atom is 0.573 e. The number of alkyl halides is 3. The normalized spacial score (nSPS) is 19.5. The molecular formula is C25H31F3N4O4. The minimum absolute atomic E-state index is 0.00534. The highest BCUT2D eigenvalue weighted by molar-refractivity contribution is 5.94. The zero-order valence-corrected chi connectivity index (χ0v) is 20.6. The van der Waals surface area contributed by atoms with Crippen LogP contribution in [0, 0.1) is 22.7 Å². The van der Waals surface area contributed by atoms with E-state index in [2.05, 4.69) is 15.4 Å². The summed E-state index contributed by atoms with van der Waals surface area (Å²) in [6.07, 6.45) is -1.93. The molecule has 2 N–H and O–H groups in total. The van der Waals surface area contributed by atoms with Gasteiger partial charge in [0.05, 0.1) is 17.6 Å². The first-order chi connectivity index (χ1) is 16.7. The van der Waals surface area contributed by atoms with Gasteiger partial charge in [0.25, 0.3) is 0 Å². The van der Waals surface area contributed by atoms with Gasteiger partial charge in [-0.3, -0.25) is 14.4 Å². The lowest BCUT2D eigenvalue weighted by atomic mass is 9.74. The van der Waals surface area contributed by atoms with Crippen molar-refractivity contribution in [1.82, 2.24) is 15.5 Å². The second-order valence-electron chi connectivity index (χ2n) is 10.4. The van der Waals surface area contributed by atoms with Gasteiger partial charge in [-0.05, 0) is 44.2 Å². The molecule has 0 aromatic heterocycles. The van der Waals surface area contributed by atoms with Gasteiger partial charge >= 0.3 is 6.36 Å². The highest BCUT2D eigenvalue weighted by Gasteiger charge is 2.49. The Morgan fingerprint density at radius 3 is 2.44 bits per heavy atom. The van der Waals surface area contributed by atoms with Crippen LogP contribution in [-0.4, -0.2) is 47.6 Å². The van der Waals surface area contributed by atoms with Crippen molar-refractivity contribution in [2.45, 2.75) is 71.3 Å². The molecule has 1 aliphatic heterocycles. The number of halogens is 3. The van der Waals surface area contributed by atoms with E-state index in [1.807, 2.05) is 0 Å². The lowest BCUT2D eigenvalue weighted by Gasteiger charge is -2.46. The summed E-state index contributed by atoms with van der Waals surface area (Å²) >= 11 is 0. The van der Waals surface area contributed by atoms with E-state index in [1.54, 1.807) is 31.7 Å². The molecule has 2 fully saturated rings. The molecule has 8 nitrogen and oxygen atoms in total. The number of amides is 3. The first-order valence-electron chi connectivity index (χ1n) is 11.9. The monoisotopic (exact) mass is 508 g/mol. The van der Waals surface area contributed by atoms with Crippen LogP contribution in [-0.2, 0) is 20.9 Å². The van der Waals surface area contributed by atoms with Crippen molar-refractivity contribution in [2.24, 2.45) is 11.3 Å². The Morgan fingerprint density at radius 2 is 1.89 bits per heavy atom. The topological polar surface area (TPSA) is 112 Å². The van der Waals surface area contributed by atoms with Crippen molar-refractivity contribution in [3.63, 3.8) is 0 Å². The SMILES string of the molecule is CC(C)(C)C(=O)NC1(C(=O)N2CCCC(C(=O)NCc3ccc(C#N)cc3OC(F)(F)F)C2)CCC1. The second kappa shape index (κ2) is 10.4. The van der Waals surface area contributed by atoms with Crippen molar-refractivity contribution in [2.75, 3.05) is 13.1 Å². The number of nitriles is 1. The third-order valence-corrected chi connectivity index (χ3v) is 6.60. The van der Waals surface area contributed by atoms with E-state index < -0.39 is 34.9 Å². The number of nitrogens with one attached hydrogen (secondary N) is 2. The van der Waals surface area contributed by atoms with Crippen LogP contribution in [0.4, 0.5) is 13.2 Å². The molecule has 1 heterocycles. The van der Waals surface area contributed by atoms with E-state index in [4.69, 9.17) is 5.26 Å². The van der Waals surface area contributed by atoms with Crippen LogP contribution in [0.15, 0.2) is 18.2 Å². The number of hydrogen-bond acceptors (Lipinski definition) is 5. The van der Waals surface area contributed by atoms with E-state index in [0.717, 1.165) is 12.5 Å². The van der Waals surface area contributed by atoms with E-state index in [1.165, 1.54) is 12.1 Å². The summed E-state index contributed by atoms with van der Waals surface area (Å²) in [5.41, 5.74) is -1.53. The number of rotatable bonds is 6. The zero-order valence-electron chi connectivity index (χ0n) is 20.6. The largest absolute Gasteiger partial charge is 0.573 e. The maximum atomic E-state index is 13.4.